The van der Waals surface area contributed by atoms with Crippen LogP contribution in [-0.4, -0.2) is 20.8 Å². The molecule has 96 valence electrons. The molecule has 0 atom stereocenters. The molecule has 2 heterocycles. The largest absolute Gasteiger partial charge is 0.382 e. The molecule has 1 fully saturated rings. The van der Waals surface area contributed by atoms with E-state index in [4.69, 9.17) is 5.73 Å². The Morgan fingerprint density at radius 2 is 2.11 bits per heavy atom. The van der Waals surface area contributed by atoms with Crippen molar-refractivity contribution in [2.45, 2.75) is 25.3 Å². The highest BCUT2D eigenvalue weighted by Gasteiger charge is 2.22. The first kappa shape index (κ1) is 11.5. The van der Waals surface area contributed by atoms with Gasteiger partial charge < -0.3 is 11.1 Å². The van der Waals surface area contributed by atoms with Crippen LogP contribution in [0.5, 0.6) is 0 Å². The van der Waals surface area contributed by atoms with E-state index in [1.807, 2.05) is 0 Å². The molecular weight excluding hydrogens is 240 g/mol. The van der Waals surface area contributed by atoms with Crippen molar-refractivity contribution in [2.24, 2.45) is 0 Å². The molecule has 19 heavy (non-hydrogen) atoms. The zero-order valence-electron chi connectivity index (χ0n) is 10.4. The summed E-state index contributed by atoms with van der Waals surface area (Å²) in [7, 11) is 0. The highest BCUT2D eigenvalue weighted by Crippen LogP contribution is 2.28. The van der Waals surface area contributed by atoms with Gasteiger partial charge in [0.15, 0.2) is 5.82 Å². The third-order valence-corrected chi connectivity index (χ3v) is 3.39. The second-order valence-electron chi connectivity index (χ2n) is 4.61. The lowest BCUT2D eigenvalue weighted by molar-refractivity contribution is 0.444. The average Bonchev–Trinajstić information content (AvgIpc) is 2.71. The maximum Gasteiger partial charge on any atom is 0.168 e. The van der Waals surface area contributed by atoms with E-state index in [0.29, 0.717) is 23.2 Å². The van der Waals surface area contributed by atoms with Crippen LogP contribution in [0.15, 0.2) is 24.5 Å². The van der Waals surface area contributed by atoms with Crippen molar-refractivity contribution >= 4 is 11.6 Å². The summed E-state index contributed by atoms with van der Waals surface area (Å²) in [6.07, 6.45) is 6.79. The second-order valence-corrected chi connectivity index (χ2v) is 4.61. The maximum atomic E-state index is 9.23. The summed E-state index contributed by atoms with van der Waals surface area (Å²) in [5.41, 5.74) is 7.20. The van der Waals surface area contributed by atoms with Crippen LogP contribution in [0.3, 0.4) is 0 Å². The topological polar surface area (TPSA) is 92.5 Å². The lowest BCUT2D eigenvalue weighted by Gasteiger charge is -2.26. The number of nitrogen functional groups attached to an aromatic ring is 1. The Morgan fingerprint density at radius 1 is 1.37 bits per heavy atom. The van der Waals surface area contributed by atoms with Crippen LogP contribution in [0, 0.1) is 11.3 Å². The first-order chi connectivity index (χ1) is 9.29. The number of nitrogens with two attached hydrogens (primary N) is 1. The predicted molar refractivity (Wildman–Crippen MR) is 71.7 cm³/mol. The van der Waals surface area contributed by atoms with Crippen molar-refractivity contribution in [3.63, 3.8) is 0 Å². The summed E-state index contributed by atoms with van der Waals surface area (Å²) in [5.74, 6) is 0.928. The molecule has 3 rings (SSSR count). The summed E-state index contributed by atoms with van der Waals surface area (Å²) in [6.45, 7) is 0. The molecule has 6 nitrogen and oxygen atoms in total. The first-order valence-corrected chi connectivity index (χ1v) is 6.25. The summed E-state index contributed by atoms with van der Waals surface area (Å²) in [4.78, 5) is 3.96. The molecule has 6 heteroatoms. The SMILES string of the molecule is N#Cc1c(NC2CCC2)nn(-c2ccncc2)c1N. The highest BCUT2D eigenvalue weighted by atomic mass is 15.4. The van der Waals surface area contributed by atoms with Crippen molar-refractivity contribution < 1.29 is 0 Å². The minimum absolute atomic E-state index is 0.357. The molecule has 0 unspecified atom stereocenters. The third-order valence-electron chi connectivity index (χ3n) is 3.39. The smallest absolute Gasteiger partial charge is 0.168 e. The van der Waals surface area contributed by atoms with Crippen molar-refractivity contribution in [1.82, 2.24) is 14.8 Å². The summed E-state index contributed by atoms with van der Waals surface area (Å²) >= 11 is 0. The number of pyridine rings is 1. The van der Waals surface area contributed by atoms with Crippen molar-refractivity contribution in [2.75, 3.05) is 11.1 Å². The number of nitriles is 1. The number of nitrogens with one attached hydrogen (secondary N) is 1. The van der Waals surface area contributed by atoms with E-state index in [-0.39, 0.29) is 0 Å². The van der Waals surface area contributed by atoms with Crippen LogP contribution in [0.2, 0.25) is 0 Å². The van der Waals surface area contributed by atoms with Gasteiger partial charge in [-0.2, -0.15) is 5.26 Å². The van der Waals surface area contributed by atoms with Gasteiger partial charge in [0, 0.05) is 18.4 Å². The Morgan fingerprint density at radius 3 is 2.68 bits per heavy atom. The fourth-order valence-corrected chi connectivity index (χ4v) is 2.07. The normalized spacial score (nSPS) is 14.7. The van der Waals surface area contributed by atoms with Crippen LogP contribution in [0.1, 0.15) is 24.8 Å². The molecule has 1 aliphatic carbocycles. The lowest BCUT2D eigenvalue weighted by Crippen LogP contribution is -2.27. The van der Waals surface area contributed by atoms with Gasteiger partial charge in [-0.25, -0.2) is 4.68 Å². The summed E-state index contributed by atoms with van der Waals surface area (Å²) < 4.78 is 1.57. The standard InChI is InChI=1S/C13H14N6/c14-8-11-12(15)19(10-4-6-16-7-5-10)18-13(11)17-9-2-1-3-9/h4-7,9H,1-3,15H2,(H,17,18). The summed E-state index contributed by atoms with van der Waals surface area (Å²) in [5, 5.41) is 16.9. The van der Waals surface area contributed by atoms with Crippen molar-refractivity contribution in [3.05, 3.63) is 30.1 Å². The minimum Gasteiger partial charge on any atom is -0.382 e. The van der Waals surface area contributed by atoms with Crippen LogP contribution in [-0.2, 0) is 0 Å². The molecule has 0 aromatic carbocycles. The molecule has 0 amide bonds. The molecule has 0 aliphatic heterocycles. The Labute approximate surface area is 110 Å². The zero-order chi connectivity index (χ0) is 13.2. The Kier molecular flexibility index (Phi) is 2.80. The molecule has 2 aromatic heterocycles. The number of anilines is 2. The van der Waals surface area contributed by atoms with E-state index in [0.717, 1.165) is 18.5 Å². The minimum atomic E-state index is 0.357. The Balaban J connectivity index is 1.99. The van der Waals surface area contributed by atoms with E-state index < -0.39 is 0 Å². The average molecular weight is 254 g/mol. The molecule has 3 N–H and O–H groups in total. The number of hydrogen-bond donors (Lipinski definition) is 2. The molecule has 1 saturated carbocycles. The quantitative estimate of drug-likeness (QED) is 0.869. The van der Waals surface area contributed by atoms with E-state index in [1.54, 1.807) is 29.2 Å². The van der Waals surface area contributed by atoms with E-state index >= 15 is 0 Å². The van der Waals surface area contributed by atoms with Gasteiger partial charge in [0.1, 0.15) is 17.5 Å². The second kappa shape index (κ2) is 4.61. The van der Waals surface area contributed by atoms with Crippen molar-refractivity contribution in [1.29, 1.82) is 5.26 Å². The zero-order valence-corrected chi connectivity index (χ0v) is 10.4. The fourth-order valence-electron chi connectivity index (χ4n) is 2.07. The van der Waals surface area contributed by atoms with Crippen LogP contribution in [0.4, 0.5) is 11.6 Å². The molecular formula is C13H14N6. The summed E-state index contributed by atoms with van der Waals surface area (Å²) in [6, 6.07) is 6.14. The van der Waals surface area contributed by atoms with Gasteiger partial charge in [0.25, 0.3) is 0 Å². The van der Waals surface area contributed by atoms with E-state index in [2.05, 4.69) is 21.5 Å². The number of aromatic nitrogens is 3. The van der Waals surface area contributed by atoms with Crippen molar-refractivity contribution in [3.8, 4) is 11.8 Å². The van der Waals surface area contributed by atoms with E-state index in [1.165, 1.54) is 6.42 Å². The molecule has 2 aromatic rings. The van der Waals surface area contributed by atoms with Gasteiger partial charge in [-0.1, -0.05) is 0 Å². The number of hydrogen-bond acceptors (Lipinski definition) is 5. The molecule has 1 aliphatic rings. The van der Waals surface area contributed by atoms with Gasteiger partial charge in [-0.3, -0.25) is 4.98 Å². The van der Waals surface area contributed by atoms with Gasteiger partial charge in [0.2, 0.25) is 0 Å². The maximum absolute atomic E-state index is 9.23. The van der Waals surface area contributed by atoms with Gasteiger partial charge in [-0.05, 0) is 31.4 Å². The van der Waals surface area contributed by atoms with Gasteiger partial charge in [-0.15, -0.1) is 5.10 Å². The first-order valence-electron chi connectivity index (χ1n) is 6.25. The molecule has 0 radical (unpaired) electrons. The molecule has 0 bridgehead atoms. The monoisotopic (exact) mass is 254 g/mol. The third kappa shape index (κ3) is 1.99. The van der Waals surface area contributed by atoms with Crippen LogP contribution in [0.25, 0.3) is 5.69 Å². The fraction of sp³-hybridized carbons (Fsp3) is 0.308. The molecule has 0 spiro atoms. The van der Waals surface area contributed by atoms with Crippen LogP contribution >= 0.6 is 0 Å². The highest BCUT2D eigenvalue weighted by molar-refractivity contribution is 5.66. The Bertz CT molecular complexity index is 621. The van der Waals surface area contributed by atoms with E-state index in [9.17, 15) is 5.26 Å². The predicted octanol–water partition coefficient (Wildman–Crippen LogP) is 1.69. The van der Waals surface area contributed by atoms with Gasteiger partial charge in [0.05, 0.1) is 5.69 Å². The molecule has 0 saturated heterocycles. The Hall–Kier alpha value is -2.55. The number of nitrogens with zero attached hydrogens (tertiary/aromatic N) is 4. The lowest BCUT2D eigenvalue weighted by atomic mass is 9.93. The van der Waals surface area contributed by atoms with Gasteiger partial charge >= 0.3 is 0 Å². The van der Waals surface area contributed by atoms with Crippen LogP contribution < -0.4 is 11.1 Å². The number of rotatable bonds is 3.